The number of rotatable bonds is 3. The minimum Gasteiger partial charge on any atom is -0.376 e. The van der Waals surface area contributed by atoms with Gasteiger partial charge in [0, 0.05) is 26.1 Å². The number of likely N-dealkylation sites (tertiary alicyclic amines) is 1. The van der Waals surface area contributed by atoms with Crippen molar-refractivity contribution < 1.29 is 14.3 Å². The van der Waals surface area contributed by atoms with Crippen molar-refractivity contribution in [1.29, 1.82) is 0 Å². The van der Waals surface area contributed by atoms with Crippen molar-refractivity contribution >= 4 is 11.8 Å². The highest BCUT2D eigenvalue weighted by molar-refractivity contribution is 5.88. The zero-order valence-corrected chi connectivity index (χ0v) is 9.35. The molecule has 2 aliphatic rings. The third-order valence-electron chi connectivity index (χ3n) is 3.31. The molecule has 0 saturated carbocycles. The van der Waals surface area contributed by atoms with Gasteiger partial charge in [0.2, 0.25) is 11.8 Å². The van der Waals surface area contributed by atoms with Crippen LogP contribution in [0.5, 0.6) is 0 Å². The van der Waals surface area contributed by atoms with Crippen molar-refractivity contribution in [1.82, 2.24) is 4.90 Å². The van der Waals surface area contributed by atoms with Gasteiger partial charge in [0.1, 0.15) is 0 Å². The fourth-order valence-corrected chi connectivity index (χ4v) is 2.34. The van der Waals surface area contributed by atoms with Gasteiger partial charge in [-0.3, -0.25) is 9.59 Å². The number of carbonyl (C=O) groups is 2. The summed E-state index contributed by atoms with van der Waals surface area (Å²) >= 11 is 0. The number of carbonyl (C=O) groups excluding carboxylic acids is 2. The van der Waals surface area contributed by atoms with Crippen LogP contribution >= 0.6 is 0 Å². The van der Waals surface area contributed by atoms with Gasteiger partial charge in [-0.15, -0.1) is 0 Å². The van der Waals surface area contributed by atoms with Crippen LogP contribution in [0.25, 0.3) is 0 Å². The van der Waals surface area contributed by atoms with Gasteiger partial charge in [-0.05, 0) is 19.3 Å². The Kier molecular flexibility index (Phi) is 3.43. The van der Waals surface area contributed by atoms with Gasteiger partial charge in [-0.25, -0.2) is 0 Å². The number of hydrogen-bond acceptors (Lipinski definition) is 3. The molecule has 2 aliphatic heterocycles. The van der Waals surface area contributed by atoms with Gasteiger partial charge in [0.05, 0.1) is 12.0 Å². The van der Waals surface area contributed by atoms with E-state index in [1.54, 1.807) is 4.90 Å². The highest BCUT2D eigenvalue weighted by Gasteiger charge is 2.34. The second-order valence-electron chi connectivity index (χ2n) is 4.59. The molecule has 0 aromatic rings. The average molecular weight is 226 g/mol. The summed E-state index contributed by atoms with van der Waals surface area (Å²) in [6, 6.07) is 0. The number of nitrogens with two attached hydrogens (primary N) is 1. The molecule has 2 unspecified atom stereocenters. The summed E-state index contributed by atoms with van der Waals surface area (Å²) < 4.78 is 5.57. The summed E-state index contributed by atoms with van der Waals surface area (Å²) in [7, 11) is 0. The fraction of sp³-hybridized carbons (Fsp3) is 0.818. The third-order valence-corrected chi connectivity index (χ3v) is 3.31. The van der Waals surface area contributed by atoms with Crippen LogP contribution in [0.4, 0.5) is 0 Å². The van der Waals surface area contributed by atoms with Crippen molar-refractivity contribution in [3.05, 3.63) is 0 Å². The number of nitrogens with zero attached hydrogens (tertiary/aromatic N) is 1. The van der Waals surface area contributed by atoms with Gasteiger partial charge < -0.3 is 15.4 Å². The predicted molar refractivity (Wildman–Crippen MR) is 57.5 cm³/mol. The second-order valence-corrected chi connectivity index (χ2v) is 4.59. The minimum atomic E-state index is -0.375. The smallest absolute Gasteiger partial charge is 0.223 e. The Labute approximate surface area is 94.9 Å². The number of ether oxygens (including phenoxy) is 1. The van der Waals surface area contributed by atoms with E-state index in [1.807, 2.05) is 0 Å². The largest absolute Gasteiger partial charge is 0.376 e. The van der Waals surface area contributed by atoms with E-state index < -0.39 is 0 Å². The van der Waals surface area contributed by atoms with E-state index in [9.17, 15) is 9.59 Å². The van der Waals surface area contributed by atoms with Crippen LogP contribution in [0.15, 0.2) is 0 Å². The summed E-state index contributed by atoms with van der Waals surface area (Å²) in [5.41, 5.74) is 5.21. The lowest BCUT2D eigenvalue weighted by Gasteiger charge is -2.27. The first-order chi connectivity index (χ1) is 7.66. The molecule has 0 aromatic carbocycles. The Morgan fingerprint density at radius 1 is 1.50 bits per heavy atom. The first-order valence-electron chi connectivity index (χ1n) is 5.85. The molecule has 0 spiro atoms. The van der Waals surface area contributed by atoms with E-state index in [0.29, 0.717) is 13.1 Å². The maximum Gasteiger partial charge on any atom is 0.223 e. The predicted octanol–water partition coefficient (Wildman–Crippen LogP) is -0.111. The van der Waals surface area contributed by atoms with E-state index in [4.69, 9.17) is 10.5 Å². The average Bonchev–Trinajstić information content (AvgIpc) is 2.62. The van der Waals surface area contributed by atoms with Crippen LogP contribution in [0.2, 0.25) is 0 Å². The molecule has 2 fully saturated rings. The van der Waals surface area contributed by atoms with Gasteiger partial charge in [0.15, 0.2) is 0 Å². The number of hydrogen-bond donors (Lipinski definition) is 1. The molecule has 0 aliphatic carbocycles. The summed E-state index contributed by atoms with van der Waals surface area (Å²) in [6.07, 6.45) is 3.68. The maximum atomic E-state index is 11.6. The zero-order valence-electron chi connectivity index (χ0n) is 9.35. The van der Waals surface area contributed by atoms with Gasteiger partial charge in [-0.2, -0.15) is 0 Å². The summed E-state index contributed by atoms with van der Waals surface area (Å²) in [5, 5.41) is 0. The molecule has 5 nitrogen and oxygen atoms in total. The van der Waals surface area contributed by atoms with Gasteiger partial charge >= 0.3 is 0 Å². The minimum absolute atomic E-state index is 0.0259. The Hall–Kier alpha value is -1.10. The van der Waals surface area contributed by atoms with E-state index in [-0.39, 0.29) is 30.3 Å². The molecule has 5 heteroatoms. The van der Waals surface area contributed by atoms with Crippen LogP contribution < -0.4 is 5.73 Å². The fourth-order valence-electron chi connectivity index (χ4n) is 2.34. The SMILES string of the molecule is NC(=O)C1CC(=O)N(CC2CCCCO2)C1. The monoisotopic (exact) mass is 226 g/mol. The van der Waals surface area contributed by atoms with Crippen LogP contribution in [0, 0.1) is 5.92 Å². The summed E-state index contributed by atoms with van der Waals surface area (Å²) in [6.45, 7) is 1.86. The topological polar surface area (TPSA) is 72.6 Å². The first kappa shape index (κ1) is 11.4. The van der Waals surface area contributed by atoms with E-state index in [2.05, 4.69) is 0 Å². The van der Waals surface area contributed by atoms with Crippen molar-refractivity contribution in [2.24, 2.45) is 11.7 Å². The first-order valence-corrected chi connectivity index (χ1v) is 5.85. The lowest BCUT2D eigenvalue weighted by Crippen LogP contribution is -2.37. The van der Waals surface area contributed by atoms with Crippen LogP contribution in [-0.4, -0.2) is 42.5 Å². The van der Waals surface area contributed by atoms with Crippen LogP contribution in [0.3, 0.4) is 0 Å². The lowest BCUT2D eigenvalue weighted by molar-refractivity contribution is -0.130. The van der Waals surface area contributed by atoms with Crippen molar-refractivity contribution in [3.63, 3.8) is 0 Å². The Bertz CT molecular complexity index is 287. The Morgan fingerprint density at radius 2 is 2.31 bits per heavy atom. The molecular formula is C11H18N2O3. The van der Waals surface area contributed by atoms with E-state index >= 15 is 0 Å². The third kappa shape index (κ3) is 2.52. The molecule has 0 bridgehead atoms. The Balaban J connectivity index is 1.85. The van der Waals surface area contributed by atoms with Gasteiger partial charge in [0.25, 0.3) is 0 Å². The molecular weight excluding hydrogens is 208 g/mol. The molecule has 2 amide bonds. The Morgan fingerprint density at radius 3 is 2.88 bits per heavy atom. The lowest BCUT2D eigenvalue weighted by atomic mass is 10.1. The molecule has 2 rings (SSSR count). The highest BCUT2D eigenvalue weighted by Crippen LogP contribution is 2.20. The normalized spacial score (nSPS) is 30.8. The molecule has 2 heterocycles. The quantitative estimate of drug-likeness (QED) is 0.729. The number of primary amides is 1. The zero-order chi connectivity index (χ0) is 11.5. The molecule has 16 heavy (non-hydrogen) atoms. The molecule has 0 radical (unpaired) electrons. The van der Waals surface area contributed by atoms with Crippen molar-refractivity contribution in [3.8, 4) is 0 Å². The maximum absolute atomic E-state index is 11.6. The summed E-state index contributed by atoms with van der Waals surface area (Å²) in [4.78, 5) is 24.3. The van der Waals surface area contributed by atoms with Crippen LogP contribution in [-0.2, 0) is 14.3 Å². The second kappa shape index (κ2) is 4.82. The molecule has 90 valence electrons. The molecule has 2 saturated heterocycles. The molecule has 2 N–H and O–H groups in total. The summed E-state index contributed by atoms with van der Waals surface area (Å²) in [5.74, 6) is -0.658. The van der Waals surface area contributed by atoms with E-state index in [1.165, 1.54) is 0 Å². The highest BCUT2D eigenvalue weighted by atomic mass is 16.5. The van der Waals surface area contributed by atoms with Crippen molar-refractivity contribution in [2.75, 3.05) is 19.7 Å². The van der Waals surface area contributed by atoms with E-state index in [0.717, 1.165) is 25.9 Å². The number of amides is 2. The van der Waals surface area contributed by atoms with Crippen molar-refractivity contribution in [2.45, 2.75) is 31.8 Å². The molecule has 0 aromatic heterocycles. The standard InChI is InChI=1S/C11H18N2O3/c12-11(15)8-5-10(14)13(6-8)7-9-3-1-2-4-16-9/h8-9H,1-7H2,(H2,12,15). The molecule has 2 atom stereocenters. The van der Waals surface area contributed by atoms with Crippen LogP contribution in [0.1, 0.15) is 25.7 Å². The van der Waals surface area contributed by atoms with Gasteiger partial charge in [-0.1, -0.05) is 0 Å².